The molecule has 90 valence electrons. The summed E-state index contributed by atoms with van der Waals surface area (Å²) >= 11 is 1.41. The summed E-state index contributed by atoms with van der Waals surface area (Å²) in [5.41, 5.74) is 6.78. The number of aromatic nitrogens is 2. The first-order valence-electron chi connectivity index (χ1n) is 5.57. The second kappa shape index (κ2) is 6.32. The lowest BCUT2D eigenvalue weighted by Crippen LogP contribution is -1.99. The molecule has 0 aliphatic rings. The molecule has 4 nitrogen and oxygen atoms in total. The Morgan fingerprint density at radius 2 is 2.00 bits per heavy atom. The van der Waals surface area contributed by atoms with Gasteiger partial charge in [0.05, 0.1) is 6.61 Å². The smallest absolute Gasteiger partial charge is 0.294 e. The van der Waals surface area contributed by atoms with Crippen LogP contribution in [-0.2, 0) is 13.0 Å². The highest BCUT2D eigenvalue weighted by Crippen LogP contribution is 2.17. The Hall–Kier alpha value is -1.46. The van der Waals surface area contributed by atoms with Crippen LogP contribution in [0.5, 0.6) is 5.19 Å². The van der Waals surface area contributed by atoms with E-state index in [1.165, 1.54) is 16.9 Å². The Morgan fingerprint density at radius 1 is 1.18 bits per heavy atom. The zero-order valence-electron chi connectivity index (χ0n) is 9.50. The van der Waals surface area contributed by atoms with Crippen LogP contribution < -0.4 is 10.5 Å². The van der Waals surface area contributed by atoms with Crippen molar-refractivity contribution in [2.75, 3.05) is 6.61 Å². The number of nitrogens with two attached hydrogens (primary N) is 1. The number of aryl methyl sites for hydroxylation is 1. The lowest BCUT2D eigenvalue weighted by Gasteiger charge is -2.01. The van der Waals surface area contributed by atoms with E-state index in [2.05, 4.69) is 34.5 Å². The first-order valence-corrected chi connectivity index (χ1v) is 6.39. The summed E-state index contributed by atoms with van der Waals surface area (Å²) in [4.78, 5) is 0. The fraction of sp³-hybridized carbons (Fsp3) is 0.333. The number of benzene rings is 1. The van der Waals surface area contributed by atoms with E-state index in [-0.39, 0.29) is 0 Å². The fourth-order valence-electron chi connectivity index (χ4n) is 1.46. The zero-order chi connectivity index (χ0) is 11.9. The Bertz CT molecular complexity index is 444. The minimum Gasteiger partial charge on any atom is -0.469 e. The third kappa shape index (κ3) is 3.80. The van der Waals surface area contributed by atoms with Crippen LogP contribution in [0.2, 0.25) is 0 Å². The van der Waals surface area contributed by atoms with Crippen molar-refractivity contribution in [1.29, 1.82) is 0 Å². The maximum atomic E-state index is 5.50. The van der Waals surface area contributed by atoms with Crippen molar-refractivity contribution < 1.29 is 4.74 Å². The minimum absolute atomic E-state index is 0.422. The summed E-state index contributed by atoms with van der Waals surface area (Å²) < 4.78 is 5.50. The second-order valence-electron chi connectivity index (χ2n) is 3.60. The molecular weight excluding hydrogens is 234 g/mol. The van der Waals surface area contributed by atoms with Crippen molar-refractivity contribution in [3.05, 3.63) is 40.9 Å². The molecule has 0 spiro atoms. The van der Waals surface area contributed by atoms with Gasteiger partial charge in [-0.3, -0.25) is 0 Å². The Labute approximate surface area is 104 Å². The molecule has 1 heterocycles. The van der Waals surface area contributed by atoms with E-state index in [1.54, 1.807) is 0 Å². The largest absolute Gasteiger partial charge is 0.469 e. The predicted molar refractivity (Wildman–Crippen MR) is 68.1 cm³/mol. The fourth-order valence-corrected chi connectivity index (χ4v) is 2.05. The first-order chi connectivity index (χ1) is 8.38. The first kappa shape index (κ1) is 12.0. The molecule has 2 rings (SSSR count). The lowest BCUT2D eigenvalue weighted by atomic mass is 10.1. The SMILES string of the molecule is NCc1nnc(OCCCc2ccccc2)s1. The molecule has 2 aromatic rings. The summed E-state index contributed by atoms with van der Waals surface area (Å²) in [6.07, 6.45) is 1.99. The summed E-state index contributed by atoms with van der Waals surface area (Å²) in [5, 5.41) is 9.21. The third-order valence-corrected chi connectivity index (χ3v) is 3.16. The number of hydrogen-bond donors (Lipinski definition) is 1. The molecule has 0 bridgehead atoms. The van der Waals surface area contributed by atoms with Gasteiger partial charge in [-0.2, -0.15) is 0 Å². The average molecular weight is 249 g/mol. The highest BCUT2D eigenvalue weighted by atomic mass is 32.1. The quantitative estimate of drug-likeness (QED) is 0.795. The maximum absolute atomic E-state index is 5.50. The van der Waals surface area contributed by atoms with Crippen molar-refractivity contribution in [3.8, 4) is 5.19 Å². The molecular formula is C12H15N3OS. The van der Waals surface area contributed by atoms with E-state index >= 15 is 0 Å². The van der Waals surface area contributed by atoms with Crippen LogP contribution in [0.1, 0.15) is 17.0 Å². The molecule has 0 unspecified atom stereocenters. The van der Waals surface area contributed by atoms with Gasteiger partial charge in [-0.1, -0.05) is 41.7 Å². The molecule has 0 fully saturated rings. The van der Waals surface area contributed by atoms with Crippen molar-refractivity contribution in [2.45, 2.75) is 19.4 Å². The van der Waals surface area contributed by atoms with E-state index in [0.717, 1.165) is 17.8 Å². The Balaban J connectivity index is 1.69. The maximum Gasteiger partial charge on any atom is 0.294 e. The summed E-state index contributed by atoms with van der Waals surface area (Å²) in [7, 11) is 0. The van der Waals surface area contributed by atoms with Crippen LogP contribution in [0.15, 0.2) is 30.3 Å². The van der Waals surface area contributed by atoms with Gasteiger partial charge in [0.2, 0.25) is 0 Å². The normalized spacial score (nSPS) is 10.4. The van der Waals surface area contributed by atoms with Gasteiger partial charge in [0.25, 0.3) is 5.19 Å². The summed E-state index contributed by atoms with van der Waals surface area (Å²) in [5.74, 6) is 0. The van der Waals surface area contributed by atoms with Crippen LogP contribution in [0.3, 0.4) is 0 Å². The van der Waals surface area contributed by atoms with Gasteiger partial charge in [0, 0.05) is 6.54 Å². The average Bonchev–Trinajstić information content (AvgIpc) is 2.84. The van der Waals surface area contributed by atoms with Gasteiger partial charge in [-0.05, 0) is 18.4 Å². The van der Waals surface area contributed by atoms with Crippen molar-refractivity contribution in [3.63, 3.8) is 0 Å². The summed E-state index contributed by atoms with van der Waals surface area (Å²) in [6.45, 7) is 1.08. The topological polar surface area (TPSA) is 61.0 Å². The van der Waals surface area contributed by atoms with Gasteiger partial charge in [-0.15, -0.1) is 10.2 Å². The van der Waals surface area contributed by atoms with Crippen molar-refractivity contribution in [1.82, 2.24) is 10.2 Å². The van der Waals surface area contributed by atoms with E-state index in [1.807, 2.05) is 6.07 Å². The van der Waals surface area contributed by atoms with Gasteiger partial charge < -0.3 is 10.5 Å². The monoisotopic (exact) mass is 249 g/mol. The lowest BCUT2D eigenvalue weighted by molar-refractivity contribution is 0.307. The second-order valence-corrected chi connectivity index (χ2v) is 4.63. The number of rotatable bonds is 6. The molecule has 1 aromatic carbocycles. The number of nitrogens with zero attached hydrogens (tertiary/aromatic N) is 2. The van der Waals surface area contributed by atoms with E-state index < -0.39 is 0 Å². The molecule has 5 heteroatoms. The van der Waals surface area contributed by atoms with Crippen LogP contribution in [0, 0.1) is 0 Å². The van der Waals surface area contributed by atoms with E-state index in [4.69, 9.17) is 10.5 Å². The Morgan fingerprint density at radius 3 is 2.71 bits per heavy atom. The summed E-state index contributed by atoms with van der Waals surface area (Å²) in [6, 6.07) is 10.4. The van der Waals surface area contributed by atoms with Crippen molar-refractivity contribution in [2.24, 2.45) is 5.73 Å². The van der Waals surface area contributed by atoms with Crippen LogP contribution in [0.4, 0.5) is 0 Å². The highest BCUT2D eigenvalue weighted by Gasteiger charge is 2.02. The van der Waals surface area contributed by atoms with Crippen molar-refractivity contribution >= 4 is 11.3 Å². The molecule has 0 amide bonds. The van der Waals surface area contributed by atoms with E-state index in [0.29, 0.717) is 18.3 Å². The van der Waals surface area contributed by atoms with Crippen LogP contribution >= 0.6 is 11.3 Å². The number of ether oxygens (including phenoxy) is 1. The Kier molecular flexibility index (Phi) is 4.46. The standard InChI is InChI=1S/C12H15N3OS/c13-9-11-14-15-12(17-11)16-8-4-7-10-5-2-1-3-6-10/h1-3,5-6H,4,7-9,13H2. The molecule has 1 aromatic heterocycles. The molecule has 2 N–H and O–H groups in total. The van der Waals surface area contributed by atoms with Crippen LogP contribution in [0.25, 0.3) is 0 Å². The van der Waals surface area contributed by atoms with Gasteiger partial charge in [-0.25, -0.2) is 0 Å². The third-order valence-electron chi connectivity index (χ3n) is 2.30. The minimum atomic E-state index is 0.422. The zero-order valence-corrected chi connectivity index (χ0v) is 10.3. The molecule has 0 atom stereocenters. The number of hydrogen-bond acceptors (Lipinski definition) is 5. The highest BCUT2D eigenvalue weighted by molar-refractivity contribution is 7.13. The van der Waals surface area contributed by atoms with Gasteiger partial charge in [0.15, 0.2) is 0 Å². The molecule has 0 saturated carbocycles. The van der Waals surface area contributed by atoms with Gasteiger partial charge in [0.1, 0.15) is 5.01 Å². The predicted octanol–water partition coefficient (Wildman–Crippen LogP) is 2.01. The molecule has 0 radical (unpaired) electrons. The molecule has 0 saturated heterocycles. The van der Waals surface area contributed by atoms with Crippen LogP contribution in [-0.4, -0.2) is 16.8 Å². The van der Waals surface area contributed by atoms with Gasteiger partial charge >= 0.3 is 0 Å². The molecule has 0 aliphatic carbocycles. The molecule has 17 heavy (non-hydrogen) atoms. The molecule has 0 aliphatic heterocycles. The van der Waals surface area contributed by atoms with E-state index in [9.17, 15) is 0 Å².